The Morgan fingerprint density at radius 2 is 2.33 bits per heavy atom. The van der Waals surface area contributed by atoms with E-state index in [4.69, 9.17) is 5.26 Å². The molecule has 0 saturated carbocycles. The van der Waals surface area contributed by atoms with E-state index in [1.54, 1.807) is 7.05 Å². The highest BCUT2D eigenvalue weighted by Gasteiger charge is 2.29. The minimum absolute atomic E-state index is 0.118. The maximum absolute atomic E-state index is 13.9. The molecule has 1 N–H and O–H groups in total. The number of likely N-dealkylation sites (N-methyl/N-ethyl adjacent to an activating group) is 1. The summed E-state index contributed by atoms with van der Waals surface area (Å²) in [6.07, 6.45) is 1.60. The van der Waals surface area contributed by atoms with Gasteiger partial charge in [-0.3, -0.25) is 4.79 Å². The van der Waals surface area contributed by atoms with E-state index < -0.39 is 5.82 Å². The summed E-state index contributed by atoms with van der Waals surface area (Å²) in [5, 5.41) is 11.6. The van der Waals surface area contributed by atoms with E-state index in [9.17, 15) is 9.18 Å². The van der Waals surface area contributed by atoms with Gasteiger partial charge in [-0.05, 0) is 38.1 Å². The van der Waals surface area contributed by atoms with E-state index in [0.717, 1.165) is 18.9 Å². The molecule has 1 unspecified atom stereocenters. The molecule has 1 fully saturated rings. The van der Waals surface area contributed by atoms with Crippen molar-refractivity contribution in [3.8, 4) is 6.07 Å². The lowest BCUT2D eigenvalue weighted by molar-refractivity contribution is -0.121. The van der Waals surface area contributed by atoms with Crippen LogP contribution in [-0.4, -0.2) is 25.5 Å². The van der Waals surface area contributed by atoms with Gasteiger partial charge in [0.25, 0.3) is 0 Å². The fraction of sp³-hybridized carbons (Fsp3) is 0.385. The van der Waals surface area contributed by atoms with Crippen LogP contribution in [0.1, 0.15) is 18.4 Å². The average Bonchev–Trinajstić information content (AvgIpc) is 2.39. The van der Waals surface area contributed by atoms with E-state index in [1.165, 1.54) is 17.0 Å². The summed E-state index contributed by atoms with van der Waals surface area (Å²) in [4.78, 5) is 13.5. The van der Waals surface area contributed by atoms with E-state index in [-0.39, 0.29) is 23.2 Å². The number of nitrogens with one attached hydrogen (secondary N) is 1. The zero-order valence-electron chi connectivity index (χ0n) is 10.1. The summed E-state index contributed by atoms with van der Waals surface area (Å²) in [5.41, 5.74) is 0.504. The number of benzene rings is 1. The molecule has 1 aromatic carbocycles. The van der Waals surface area contributed by atoms with Crippen LogP contribution in [-0.2, 0) is 4.79 Å². The van der Waals surface area contributed by atoms with E-state index in [2.05, 4.69) is 5.32 Å². The largest absolute Gasteiger partial charge is 0.309 e. The molecule has 0 bridgehead atoms. The predicted molar refractivity (Wildman–Crippen MR) is 65.5 cm³/mol. The normalized spacial score (nSPS) is 19.7. The molecular weight excluding hydrogens is 233 g/mol. The van der Waals surface area contributed by atoms with Crippen molar-refractivity contribution >= 4 is 11.6 Å². The van der Waals surface area contributed by atoms with Gasteiger partial charge >= 0.3 is 0 Å². The molecule has 0 radical (unpaired) electrons. The van der Waals surface area contributed by atoms with E-state index in [0.29, 0.717) is 6.54 Å². The van der Waals surface area contributed by atoms with Crippen molar-refractivity contribution < 1.29 is 9.18 Å². The van der Waals surface area contributed by atoms with Crippen LogP contribution in [0.2, 0.25) is 0 Å². The minimum atomic E-state index is -0.529. The van der Waals surface area contributed by atoms with Crippen molar-refractivity contribution in [3.63, 3.8) is 0 Å². The number of hydrogen-bond donors (Lipinski definition) is 1. The Kier molecular flexibility index (Phi) is 3.58. The molecule has 1 aromatic rings. The molecule has 4 nitrogen and oxygen atoms in total. The molecule has 1 saturated heterocycles. The second-order valence-electron chi connectivity index (χ2n) is 4.25. The Bertz CT molecular complexity index is 509. The lowest BCUT2D eigenvalue weighted by Crippen LogP contribution is -2.50. The highest BCUT2D eigenvalue weighted by atomic mass is 19.1. The molecule has 1 atom stereocenters. The molecule has 1 amide bonds. The summed E-state index contributed by atoms with van der Waals surface area (Å²) in [6.45, 7) is 0.514. The van der Waals surface area contributed by atoms with Crippen LogP contribution in [0.3, 0.4) is 0 Å². The summed E-state index contributed by atoms with van der Waals surface area (Å²) in [7, 11) is 1.72. The van der Waals surface area contributed by atoms with Gasteiger partial charge in [0, 0.05) is 6.54 Å². The van der Waals surface area contributed by atoms with Gasteiger partial charge in [-0.25, -0.2) is 4.39 Å². The van der Waals surface area contributed by atoms with Crippen molar-refractivity contribution in [2.75, 3.05) is 18.5 Å². The lowest BCUT2D eigenvalue weighted by Gasteiger charge is -2.32. The Morgan fingerprint density at radius 1 is 1.56 bits per heavy atom. The molecule has 5 heteroatoms. The molecule has 1 heterocycles. The average molecular weight is 247 g/mol. The van der Waals surface area contributed by atoms with Gasteiger partial charge in [-0.15, -0.1) is 0 Å². The number of halogens is 1. The zero-order valence-corrected chi connectivity index (χ0v) is 10.1. The maximum Gasteiger partial charge on any atom is 0.244 e. The predicted octanol–water partition coefficient (Wildman–Crippen LogP) is 1.41. The van der Waals surface area contributed by atoms with Crippen LogP contribution < -0.4 is 10.2 Å². The van der Waals surface area contributed by atoms with E-state index >= 15 is 0 Å². The van der Waals surface area contributed by atoms with Gasteiger partial charge in [0.2, 0.25) is 5.91 Å². The van der Waals surface area contributed by atoms with Gasteiger partial charge in [-0.2, -0.15) is 5.26 Å². The fourth-order valence-corrected chi connectivity index (χ4v) is 2.18. The maximum atomic E-state index is 13.9. The minimum Gasteiger partial charge on any atom is -0.309 e. The number of nitriles is 1. The molecule has 1 aliphatic heterocycles. The smallest absolute Gasteiger partial charge is 0.244 e. The number of amides is 1. The third kappa shape index (κ3) is 2.20. The highest BCUT2D eigenvalue weighted by molar-refractivity contribution is 5.98. The number of nitrogens with zero attached hydrogens (tertiary/aromatic N) is 2. The summed E-state index contributed by atoms with van der Waals surface area (Å²) >= 11 is 0. The van der Waals surface area contributed by atoms with Crippen molar-refractivity contribution in [2.24, 2.45) is 0 Å². The van der Waals surface area contributed by atoms with Crippen LogP contribution in [0.5, 0.6) is 0 Å². The lowest BCUT2D eigenvalue weighted by atomic mass is 10.0. The Labute approximate surface area is 105 Å². The summed E-state index contributed by atoms with van der Waals surface area (Å²) < 4.78 is 13.9. The zero-order chi connectivity index (χ0) is 13.1. The molecule has 0 aliphatic carbocycles. The topological polar surface area (TPSA) is 56.1 Å². The van der Waals surface area contributed by atoms with Crippen LogP contribution in [0, 0.1) is 17.1 Å². The summed E-state index contributed by atoms with van der Waals surface area (Å²) in [5.74, 6) is -0.647. The quantitative estimate of drug-likeness (QED) is 0.859. The van der Waals surface area contributed by atoms with Gasteiger partial charge in [0.1, 0.15) is 5.82 Å². The Hall–Kier alpha value is -1.93. The molecule has 0 aromatic heterocycles. The Balaban J connectivity index is 2.31. The molecule has 18 heavy (non-hydrogen) atoms. The molecule has 0 spiro atoms. The van der Waals surface area contributed by atoms with Crippen LogP contribution in [0.25, 0.3) is 0 Å². The number of rotatable bonds is 2. The second-order valence-corrected chi connectivity index (χ2v) is 4.25. The first-order valence-corrected chi connectivity index (χ1v) is 5.85. The fourth-order valence-electron chi connectivity index (χ4n) is 2.18. The number of hydrogen-bond acceptors (Lipinski definition) is 3. The first-order chi connectivity index (χ1) is 8.67. The molecule has 94 valence electrons. The van der Waals surface area contributed by atoms with Crippen molar-refractivity contribution in [2.45, 2.75) is 18.9 Å². The van der Waals surface area contributed by atoms with Crippen LogP contribution >= 0.6 is 0 Å². The first-order valence-electron chi connectivity index (χ1n) is 5.85. The van der Waals surface area contributed by atoms with E-state index in [1.807, 2.05) is 6.07 Å². The van der Waals surface area contributed by atoms with Crippen LogP contribution in [0.4, 0.5) is 10.1 Å². The van der Waals surface area contributed by atoms with Gasteiger partial charge in [-0.1, -0.05) is 0 Å². The SMILES string of the molecule is CNC1CCCN(c2ccc(C#N)cc2F)C1=O. The molecule has 1 aliphatic rings. The first kappa shape index (κ1) is 12.5. The van der Waals surface area contributed by atoms with Gasteiger partial charge in [0.15, 0.2) is 0 Å². The number of carbonyl (C=O) groups excluding carboxylic acids is 1. The van der Waals surface area contributed by atoms with Gasteiger partial charge in [0.05, 0.1) is 23.4 Å². The van der Waals surface area contributed by atoms with Crippen LogP contribution in [0.15, 0.2) is 18.2 Å². The molecular formula is C13H14FN3O. The second kappa shape index (κ2) is 5.15. The third-order valence-electron chi connectivity index (χ3n) is 3.15. The Morgan fingerprint density at radius 3 is 2.94 bits per heavy atom. The monoisotopic (exact) mass is 247 g/mol. The number of anilines is 1. The van der Waals surface area contributed by atoms with Crippen molar-refractivity contribution in [1.82, 2.24) is 5.32 Å². The third-order valence-corrected chi connectivity index (χ3v) is 3.15. The molecule has 2 rings (SSSR count). The highest BCUT2D eigenvalue weighted by Crippen LogP contribution is 2.24. The standard InChI is InChI=1S/C13H14FN3O/c1-16-11-3-2-6-17(13(11)18)12-5-4-9(8-15)7-10(12)14/h4-5,7,11,16H,2-3,6H2,1H3. The van der Waals surface area contributed by atoms with Gasteiger partial charge < -0.3 is 10.2 Å². The number of piperidine rings is 1. The number of carbonyl (C=O) groups is 1. The van der Waals surface area contributed by atoms with Crippen molar-refractivity contribution in [3.05, 3.63) is 29.6 Å². The van der Waals surface area contributed by atoms with Crippen molar-refractivity contribution in [1.29, 1.82) is 5.26 Å². The summed E-state index contributed by atoms with van der Waals surface area (Å²) in [6, 6.07) is 5.79.